The van der Waals surface area contributed by atoms with Crippen LogP contribution in [0, 0.1) is 6.92 Å². The molecule has 3 aromatic heterocycles. The fraction of sp³-hybridized carbons (Fsp3) is 0.286. The van der Waals surface area contributed by atoms with Crippen LogP contribution in [-0.2, 0) is 6.54 Å². The van der Waals surface area contributed by atoms with Crippen molar-refractivity contribution in [3.63, 3.8) is 0 Å². The van der Waals surface area contributed by atoms with Crippen molar-refractivity contribution in [3.05, 3.63) is 36.4 Å². The maximum atomic E-state index is 6.22. The third kappa shape index (κ3) is 1.87. The van der Waals surface area contributed by atoms with E-state index in [1.165, 1.54) is 0 Å². The molecule has 0 aliphatic rings. The van der Waals surface area contributed by atoms with Crippen LogP contribution in [0.1, 0.15) is 18.9 Å². The van der Waals surface area contributed by atoms with Gasteiger partial charge < -0.3 is 10.3 Å². The highest BCUT2D eigenvalue weighted by atomic mass is 15.1. The van der Waals surface area contributed by atoms with Crippen molar-refractivity contribution in [3.8, 4) is 11.4 Å². The van der Waals surface area contributed by atoms with Gasteiger partial charge in [-0.2, -0.15) is 0 Å². The molecular formula is C14H17N5. The Kier molecular flexibility index (Phi) is 2.74. The highest BCUT2D eigenvalue weighted by molar-refractivity contribution is 5.72. The van der Waals surface area contributed by atoms with Crippen molar-refractivity contribution in [2.75, 3.05) is 5.73 Å². The molecule has 3 heterocycles. The van der Waals surface area contributed by atoms with Gasteiger partial charge >= 0.3 is 0 Å². The number of hydrogen-bond acceptors (Lipinski definition) is 3. The summed E-state index contributed by atoms with van der Waals surface area (Å²) in [6.07, 6.45) is 6.70. The monoisotopic (exact) mass is 255 g/mol. The van der Waals surface area contributed by atoms with Gasteiger partial charge in [-0.3, -0.25) is 4.40 Å². The molecule has 0 aliphatic heterocycles. The van der Waals surface area contributed by atoms with E-state index in [0.717, 1.165) is 35.6 Å². The molecule has 0 atom stereocenters. The van der Waals surface area contributed by atoms with Gasteiger partial charge in [0, 0.05) is 12.7 Å². The van der Waals surface area contributed by atoms with Crippen LogP contribution >= 0.6 is 0 Å². The van der Waals surface area contributed by atoms with Crippen LogP contribution in [-0.4, -0.2) is 18.9 Å². The predicted octanol–water partition coefficient (Wildman–Crippen LogP) is 2.50. The van der Waals surface area contributed by atoms with Gasteiger partial charge in [0.25, 0.3) is 0 Å². The normalized spacial score (nSPS) is 11.3. The summed E-state index contributed by atoms with van der Waals surface area (Å²) in [7, 11) is 0. The van der Waals surface area contributed by atoms with Gasteiger partial charge in [-0.25, -0.2) is 9.97 Å². The number of fused-ring (bicyclic) bond motifs is 1. The van der Waals surface area contributed by atoms with Gasteiger partial charge in [0.15, 0.2) is 0 Å². The summed E-state index contributed by atoms with van der Waals surface area (Å²) >= 11 is 0. The first-order chi connectivity index (χ1) is 9.20. The molecular weight excluding hydrogens is 238 g/mol. The molecule has 19 heavy (non-hydrogen) atoms. The number of nitrogen functional groups attached to an aromatic ring is 1. The zero-order valence-corrected chi connectivity index (χ0v) is 11.2. The summed E-state index contributed by atoms with van der Waals surface area (Å²) in [5.74, 6) is 0.663. The van der Waals surface area contributed by atoms with Crippen molar-refractivity contribution < 1.29 is 0 Å². The number of imidazole rings is 2. The lowest BCUT2D eigenvalue weighted by atomic mass is 10.3. The summed E-state index contributed by atoms with van der Waals surface area (Å²) in [5, 5.41) is 0. The van der Waals surface area contributed by atoms with Gasteiger partial charge in [0.2, 0.25) is 0 Å². The van der Waals surface area contributed by atoms with E-state index in [1.807, 2.05) is 42.2 Å². The quantitative estimate of drug-likeness (QED) is 0.782. The number of aryl methyl sites for hydroxylation is 2. The van der Waals surface area contributed by atoms with Crippen molar-refractivity contribution >= 4 is 11.5 Å². The SMILES string of the molecule is CCCn1cncc1-c1nc2ccc(C)cn2c1N. The Labute approximate surface area is 111 Å². The molecule has 5 nitrogen and oxygen atoms in total. The Morgan fingerprint density at radius 2 is 2.16 bits per heavy atom. The number of nitrogens with zero attached hydrogens (tertiary/aromatic N) is 4. The average molecular weight is 255 g/mol. The molecule has 0 bridgehead atoms. The van der Waals surface area contributed by atoms with E-state index in [0.29, 0.717) is 5.82 Å². The maximum Gasteiger partial charge on any atom is 0.139 e. The van der Waals surface area contributed by atoms with E-state index in [-0.39, 0.29) is 0 Å². The average Bonchev–Trinajstić information content (AvgIpc) is 2.96. The molecule has 0 saturated carbocycles. The first-order valence-electron chi connectivity index (χ1n) is 6.45. The summed E-state index contributed by atoms with van der Waals surface area (Å²) in [4.78, 5) is 8.82. The summed E-state index contributed by atoms with van der Waals surface area (Å²) in [6.45, 7) is 5.10. The van der Waals surface area contributed by atoms with Gasteiger partial charge in [0.05, 0.1) is 18.2 Å². The number of aromatic nitrogens is 4. The molecule has 0 unspecified atom stereocenters. The number of rotatable bonds is 3. The highest BCUT2D eigenvalue weighted by Crippen LogP contribution is 2.26. The molecule has 0 fully saturated rings. The predicted molar refractivity (Wildman–Crippen MR) is 75.9 cm³/mol. The summed E-state index contributed by atoms with van der Waals surface area (Å²) in [5.41, 5.74) is 10.0. The first kappa shape index (κ1) is 11.8. The van der Waals surface area contributed by atoms with Gasteiger partial charge in [-0.15, -0.1) is 0 Å². The topological polar surface area (TPSA) is 61.1 Å². The molecule has 0 radical (unpaired) electrons. The second kappa shape index (κ2) is 4.42. The minimum Gasteiger partial charge on any atom is -0.383 e. The molecule has 5 heteroatoms. The summed E-state index contributed by atoms with van der Waals surface area (Å²) < 4.78 is 4.01. The van der Waals surface area contributed by atoms with Crippen molar-refractivity contribution in [2.45, 2.75) is 26.8 Å². The number of nitrogens with two attached hydrogens (primary N) is 1. The summed E-state index contributed by atoms with van der Waals surface area (Å²) in [6, 6.07) is 4.02. The van der Waals surface area contributed by atoms with Crippen molar-refractivity contribution in [2.24, 2.45) is 0 Å². The molecule has 0 spiro atoms. The van der Waals surface area contributed by atoms with E-state index < -0.39 is 0 Å². The minimum atomic E-state index is 0.663. The second-order valence-corrected chi connectivity index (χ2v) is 4.75. The van der Waals surface area contributed by atoms with Crippen LogP contribution in [0.2, 0.25) is 0 Å². The van der Waals surface area contributed by atoms with Crippen LogP contribution in [0.3, 0.4) is 0 Å². The van der Waals surface area contributed by atoms with Crippen molar-refractivity contribution in [1.29, 1.82) is 0 Å². The van der Waals surface area contributed by atoms with E-state index in [2.05, 4.69) is 21.5 Å². The Balaban J connectivity index is 2.19. The fourth-order valence-electron chi connectivity index (χ4n) is 2.29. The van der Waals surface area contributed by atoms with E-state index in [4.69, 9.17) is 5.73 Å². The molecule has 2 N–H and O–H groups in total. The lowest BCUT2D eigenvalue weighted by Gasteiger charge is -2.04. The van der Waals surface area contributed by atoms with E-state index >= 15 is 0 Å². The molecule has 3 rings (SSSR count). The van der Waals surface area contributed by atoms with Crippen LogP contribution in [0.5, 0.6) is 0 Å². The third-order valence-electron chi connectivity index (χ3n) is 3.22. The lowest BCUT2D eigenvalue weighted by molar-refractivity contribution is 0.683. The van der Waals surface area contributed by atoms with Crippen LogP contribution in [0.25, 0.3) is 17.0 Å². The molecule has 0 aliphatic carbocycles. The van der Waals surface area contributed by atoms with Crippen LogP contribution in [0.4, 0.5) is 5.82 Å². The third-order valence-corrected chi connectivity index (χ3v) is 3.22. The molecule has 0 amide bonds. The Morgan fingerprint density at radius 3 is 2.95 bits per heavy atom. The molecule has 3 aromatic rings. The number of pyridine rings is 1. The largest absolute Gasteiger partial charge is 0.383 e. The minimum absolute atomic E-state index is 0.663. The standard InChI is InChI=1S/C14H17N5/c1-3-6-18-9-16-7-11(18)13-14(15)19-8-10(2)4-5-12(19)17-13/h4-5,7-9H,3,6,15H2,1-2H3. The maximum absolute atomic E-state index is 6.22. The van der Waals surface area contributed by atoms with Gasteiger partial charge in [-0.05, 0) is 25.0 Å². The first-order valence-corrected chi connectivity index (χ1v) is 6.45. The fourth-order valence-corrected chi connectivity index (χ4v) is 2.29. The van der Waals surface area contributed by atoms with Gasteiger partial charge in [-0.1, -0.05) is 13.0 Å². The molecule has 98 valence electrons. The highest BCUT2D eigenvalue weighted by Gasteiger charge is 2.14. The van der Waals surface area contributed by atoms with Crippen LogP contribution < -0.4 is 5.73 Å². The molecule has 0 aromatic carbocycles. The smallest absolute Gasteiger partial charge is 0.139 e. The zero-order valence-electron chi connectivity index (χ0n) is 11.2. The second-order valence-electron chi connectivity index (χ2n) is 4.75. The molecule has 0 saturated heterocycles. The number of anilines is 1. The van der Waals surface area contributed by atoms with E-state index in [1.54, 1.807) is 0 Å². The number of hydrogen-bond donors (Lipinski definition) is 1. The van der Waals surface area contributed by atoms with Crippen molar-refractivity contribution in [1.82, 2.24) is 18.9 Å². The zero-order chi connectivity index (χ0) is 13.4. The Hall–Kier alpha value is -2.30. The van der Waals surface area contributed by atoms with Crippen LogP contribution in [0.15, 0.2) is 30.9 Å². The van der Waals surface area contributed by atoms with E-state index in [9.17, 15) is 0 Å². The Bertz CT molecular complexity index is 723. The lowest BCUT2D eigenvalue weighted by Crippen LogP contribution is -2.00. The Morgan fingerprint density at radius 1 is 1.32 bits per heavy atom. The van der Waals surface area contributed by atoms with Gasteiger partial charge in [0.1, 0.15) is 17.2 Å².